The lowest BCUT2D eigenvalue weighted by Gasteiger charge is -2.07. The van der Waals surface area contributed by atoms with Gasteiger partial charge in [-0.25, -0.2) is 4.79 Å². The van der Waals surface area contributed by atoms with Gasteiger partial charge in [-0.2, -0.15) is 0 Å². The Morgan fingerprint density at radius 1 is 1.40 bits per heavy atom. The molecule has 15 heavy (non-hydrogen) atoms. The van der Waals surface area contributed by atoms with E-state index in [2.05, 4.69) is 6.92 Å². The molecule has 0 saturated heterocycles. The van der Waals surface area contributed by atoms with Crippen LogP contribution in [0.3, 0.4) is 0 Å². The molecule has 0 bridgehead atoms. The fourth-order valence-electron chi connectivity index (χ4n) is 1.16. The Hall–Kier alpha value is -1.51. The third kappa shape index (κ3) is 3.27. The summed E-state index contributed by atoms with van der Waals surface area (Å²) in [5.41, 5.74) is 0.462. The van der Waals surface area contributed by atoms with Gasteiger partial charge >= 0.3 is 5.97 Å². The van der Waals surface area contributed by atoms with Crippen LogP contribution in [0.15, 0.2) is 24.3 Å². The van der Waals surface area contributed by atoms with Crippen LogP contribution in [0.4, 0.5) is 0 Å². The highest BCUT2D eigenvalue weighted by molar-refractivity contribution is 5.92. The third-order valence-electron chi connectivity index (χ3n) is 1.95. The standard InChI is InChI=1S/C12H15O3/c1-3-4-9-15-12(13)10-7-5-6-8-11(10)14-2/h5-8H,1,3-4,9H2,2H3. The summed E-state index contributed by atoms with van der Waals surface area (Å²) in [6.07, 6.45) is 1.54. The lowest BCUT2D eigenvalue weighted by molar-refractivity contribution is 0.0497. The molecule has 1 rings (SSSR count). The summed E-state index contributed by atoms with van der Waals surface area (Å²) in [6, 6.07) is 7.01. The molecule has 0 heterocycles. The van der Waals surface area contributed by atoms with Crippen molar-refractivity contribution in [3.05, 3.63) is 36.8 Å². The van der Waals surface area contributed by atoms with Gasteiger partial charge < -0.3 is 9.47 Å². The monoisotopic (exact) mass is 207 g/mol. The van der Waals surface area contributed by atoms with Crippen molar-refractivity contribution in [1.82, 2.24) is 0 Å². The molecular formula is C12H15O3. The molecule has 0 unspecified atom stereocenters. The number of hydrogen-bond donors (Lipinski definition) is 0. The number of unbranched alkanes of at least 4 members (excludes halogenated alkanes) is 1. The van der Waals surface area contributed by atoms with Gasteiger partial charge in [0, 0.05) is 0 Å². The fraction of sp³-hybridized carbons (Fsp3) is 0.333. The highest BCUT2D eigenvalue weighted by Crippen LogP contribution is 2.18. The van der Waals surface area contributed by atoms with Gasteiger partial charge in [0.15, 0.2) is 0 Å². The Balaban J connectivity index is 2.64. The predicted octanol–water partition coefficient (Wildman–Crippen LogP) is 2.47. The maximum Gasteiger partial charge on any atom is 0.341 e. The van der Waals surface area contributed by atoms with Crippen molar-refractivity contribution in [2.45, 2.75) is 12.8 Å². The van der Waals surface area contributed by atoms with Crippen LogP contribution in [0.25, 0.3) is 0 Å². The lowest BCUT2D eigenvalue weighted by Crippen LogP contribution is -2.07. The number of rotatable bonds is 5. The molecule has 1 radical (unpaired) electrons. The molecule has 0 saturated carbocycles. The van der Waals surface area contributed by atoms with Crippen LogP contribution in [0.1, 0.15) is 23.2 Å². The lowest BCUT2D eigenvalue weighted by atomic mass is 10.2. The van der Waals surface area contributed by atoms with Crippen LogP contribution in [-0.2, 0) is 4.74 Å². The maximum atomic E-state index is 11.6. The highest BCUT2D eigenvalue weighted by Gasteiger charge is 2.11. The van der Waals surface area contributed by atoms with E-state index in [1.54, 1.807) is 18.2 Å². The van der Waals surface area contributed by atoms with Crippen molar-refractivity contribution in [1.29, 1.82) is 0 Å². The predicted molar refractivity (Wildman–Crippen MR) is 57.9 cm³/mol. The van der Waals surface area contributed by atoms with Crippen molar-refractivity contribution in [2.24, 2.45) is 0 Å². The second-order valence-corrected chi connectivity index (χ2v) is 3.04. The van der Waals surface area contributed by atoms with Gasteiger partial charge in [0.25, 0.3) is 0 Å². The summed E-state index contributed by atoms with van der Waals surface area (Å²) in [6.45, 7) is 4.08. The molecule has 81 valence electrons. The van der Waals surface area contributed by atoms with Crippen molar-refractivity contribution in [3.8, 4) is 5.75 Å². The van der Waals surface area contributed by atoms with E-state index in [-0.39, 0.29) is 5.97 Å². The maximum absolute atomic E-state index is 11.6. The largest absolute Gasteiger partial charge is 0.496 e. The van der Waals surface area contributed by atoms with Crippen molar-refractivity contribution in [3.63, 3.8) is 0 Å². The third-order valence-corrected chi connectivity index (χ3v) is 1.95. The van der Waals surface area contributed by atoms with Gasteiger partial charge in [-0.05, 0) is 18.6 Å². The number of hydrogen-bond acceptors (Lipinski definition) is 3. The summed E-state index contributed by atoms with van der Waals surface area (Å²) in [5, 5.41) is 0. The van der Waals surface area contributed by atoms with Crippen LogP contribution >= 0.6 is 0 Å². The number of esters is 1. The highest BCUT2D eigenvalue weighted by atomic mass is 16.5. The smallest absolute Gasteiger partial charge is 0.341 e. The number of ether oxygens (including phenoxy) is 2. The quantitative estimate of drug-likeness (QED) is 0.549. The second kappa shape index (κ2) is 6.06. The molecule has 0 aliphatic heterocycles. The number of carbonyl (C=O) groups excluding carboxylic acids is 1. The minimum absolute atomic E-state index is 0.346. The molecule has 3 heteroatoms. The number of para-hydroxylation sites is 1. The van der Waals surface area contributed by atoms with Crippen molar-refractivity contribution in [2.75, 3.05) is 13.7 Å². The summed E-state index contributed by atoms with van der Waals surface area (Å²) in [4.78, 5) is 11.6. The summed E-state index contributed by atoms with van der Waals surface area (Å²) in [7, 11) is 1.53. The van der Waals surface area contributed by atoms with Crippen molar-refractivity contribution >= 4 is 5.97 Å². The van der Waals surface area contributed by atoms with E-state index in [0.29, 0.717) is 17.9 Å². The van der Waals surface area contributed by atoms with Gasteiger partial charge in [-0.3, -0.25) is 0 Å². The molecule has 0 spiro atoms. The Morgan fingerprint density at radius 3 is 2.80 bits per heavy atom. The SMILES string of the molecule is [CH2]CCCOC(=O)c1ccccc1OC. The molecule has 0 N–H and O–H groups in total. The van der Waals surface area contributed by atoms with E-state index < -0.39 is 0 Å². The molecule has 0 aliphatic carbocycles. The summed E-state index contributed by atoms with van der Waals surface area (Å²) >= 11 is 0. The van der Waals surface area contributed by atoms with Gasteiger partial charge in [-0.1, -0.05) is 25.5 Å². The first kappa shape index (κ1) is 11.6. The first-order valence-electron chi connectivity index (χ1n) is 4.89. The average Bonchev–Trinajstić information content (AvgIpc) is 2.29. The molecule has 0 fully saturated rings. The number of methoxy groups -OCH3 is 1. The molecule has 0 aromatic heterocycles. The Bertz CT molecular complexity index is 320. The zero-order valence-corrected chi connectivity index (χ0v) is 8.86. The van der Waals surface area contributed by atoms with E-state index in [9.17, 15) is 4.79 Å². The summed E-state index contributed by atoms with van der Waals surface area (Å²) in [5.74, 6) is 0.193. The van der Waals surface area contributed by atoms with Crippen LogP contribution in [0.5, 0.6) is 5.75 Å². The van der Waals surface area contributed by atoms with Crippen molar-refractivity contribution < 1.29 is 14.3 Å². The van der Waals surface area contributed by atoms with E-state index in [1.807, 2.05) is 6.07 Å². The minimum atomic E-state index is -0.346. The Kier molecular flexibility index (Phi) is 4.68. The van der Waals surface area contributed by atoms with E-state index in [1.165, 1.54) is 7.11 Å². The minimum Gasteiger partial charge on any atom is -0.496 e. The topological polar surface area (TPSA) is 35.5 Å². The molecular weight excluding hydrogens is 192 g/mol. The molecule has 0 amide bonds. The molecule has 1 aromatic carbocycles. The first-order chi connectivity index (χ1) is 7.29. The van der Waals surface area contributed by atoms with E-state index in [4.69, 9.17) is 9.47 Å². The van der Waals surface area contributed by atoms with Crippen LogP contribution < -0.4 is 4.74 Å². The second-order valence-electron chi connectivity index (χ2n) is 3.04. The van der Waals surface area contributed by atoms with Gasteiger partial charge in [0.2, 0.25) is 0 Å². The fourth-order valence-corrected chi connectivity index (χ4v) is 1.16. The molecule has 1 aromatic rings. The molecule has 3 nitrogen and oxygen atoms in total. The van der Waals surface area contributed by atoms with E-state index >= 15 is 0 Å². The average molecular weight is 207 g/mol. The Labute approximate surface area is 90.0 Å². The van der Waals surface area contributed by atoms with Gasteiger partial charge in [-0.15, -0.1) is 0 Å². The van der Waals surface area contributed by atoms with Gasteiger partial charge in [0.1, 0.15) is 11.3 Å². The number of benzene rings is 1. The van der Waals surface area contributed by atoms with Crippen LogP contribution in [-0.4, -0.2) is 19.7 Å². The van der Waals surface area contributed by atoms with E-state index in [0.717, 1.165) is 12.8 Å². The van der Waals surface area contributed by atoms with Crippen LogP contribution in [0, 0.1) is 6.92 Å². The number of carbonyl (C=O) groups is 1. The first-order valence-corrected chi connectivity index (χ1v) is 4.89. The Morgan fingerprint density at radius 2 is 2.13 bits per heavy atom. The summed E-state index contributed by atoms with van der Waals surface area (Å²) < 4.78 is 10.1. The molecule has 0 atom stereocenters. The zero-order valence-electron chi connectivity index (χ0n) is 8.86. The zero-order chi connectivity index (χ0) is 11.1. The van der Waals surface area contributed by atoms with Gasteiger partial charge in [0.05, 0.1) is 13.7 Å². The van der Waals surface area contributed by atoms with Crippen LogP contribution in [0.2, 0.25) is 0 Å². The molecule has 0 aliphatic rings. The normalized spacial score (nSPS) is 9.73.